The normalized spacial score (nSPS) is 11.0. The SMILES string of the molecule is O=C(COc1ccc(S(=O)(=O)Nc2ccc(Cl)cc2)cc1Cl)Nc1cccc(Br)c1. The van der Waals surface area contributed by atoms with Crippen LogP contribution in [0.2, 0.25) is 10.0 Å². The second-order valence-electron chi connectivity index (χ2n) is 6.05. The van der Waals surface area contributed by atoms with Crippen molar-refractivity contribution in [2.75, 3.05) is 16.6 Å². The smallest absolute Gasteiger partial charge is 0.262 e. The van der Waals surface area contributed by atoms with Gasteiger partial charge < -0.3 is 10.1 Å². The standard InChI is InChI=1S/C20H15BrCl2N2O4S/c21-13-2-1-3-16(10-13)24-20(26)12-29-19-9-8-17(11-18(19)23)30(27,28)25-15-6-4-14(22)5-7-15/h1-11,25H,12H2,(H,24,26). The van der Waals surface area contributed by atoms with Gasteiger partial charge in [0.15, 0.2) is 6.61 Å². The predicted octanol–water partition coefficient (Wildman–Crippen LogP) is 5.57. The van der Waals surface area contributed by atoms with Gasteiger partial charge in [0.25, 0.3) is 15.9 Å². The molecule has 0 unspecified atom stereocenters. The number of halogens is 3. The van der Waals surface area contributed by atoms with Gasteiger partial charge in [0, 0.05) is 20.9 Å². The van der Waals surface area contributed by atoms with Crippen LogP contribution in [-0.4, -0.2) is 20.9 Å². The van der Waals surface area contributed by atoms with Gasteiger partial charge in [-0.3, -0.25) is 9.52 Å². The maximum Gasteiger partial charge on any atom is 0.262 e. The molecule has 3 aromatic carbocycles. The van der Waals surface area contributed by atoms with Crippen LogP contribution in [0.5, 0.6) is 5.75 Å². The summed E-state index contributed by atoms with van der Waals surface area (Å²) < 4.78 is 33.7. The Bertz CT molecular complexity index is 1170. The molecule has 0 aromatic heterocycles. The van der Waals surface area contributed by atoms with E-state index in [2.05, 4.69) is 26.0 Å². The highest BCUT2D eigenvalue weighted by molar-refractivity contribution is 9.10. The lowest BCUT2D eigenvalue weighted by molar-refractivity contribution is -0.118. The number of nitrogens with one attached hydrogen (secondary N) is 2. The zero-order chi connectivity index (χ0) is 21.7. The molecule has 0 aliphatic heterocycles. The minimum Gasteiger partial charge on any atom is -0.482 e. The summed E-state index contributed by atoms with van der Waals surface area (Å²) in [5, 5.41) is 3.24. The first-order valence-corrected chi connectivity index (χ1v) is 11.5. The number of anilines is 2. The van der Waals surface area contributed by atoms with E-state index in [9.17, 15) is 13.2 Å². The van der Waals surface area contributed by atoms with Crippen molar-refractivity contribution in [2.45, 2.75) is 4.90 Å². The highest BCUT2D eigenvalue weighted by atomic mass is 79.9. The van der Waals surface area contributed by atoms with Crippen LogP contribution in [0, 0.1) is 0 Å². The van der Waals surface area contributed by atoms with Crippen molar-refractivity contribution in [2.24, 2.45) is 0 Å². The Labute approximate surface area is 192 Å². The minimum absolute atomic E-state index is 0.0478. The monoisotopic (exact) mass is 528 g/mol. The fraction of sp³-hybridized carbons (Fsp3) is 0.0500. The van der Waals surface area contributed by atoms with Crippen LogP contribution in [0.25, 0.3) is 0 Å². The molecule has 3 rings (SSSR count). The topological polar surface area (TPSA) is 84.5 Å². The first-order chi connectivity index (χ1) is 14.2. The van der Waals surface area contributed by atoms with Crippen LogP contribution < -0.4 is 14.8 Å². The number of carbonyl (C=O) groups is 1. The van der Waals surface area contributed by atoms with Crippen molar-refractivity contribution in [3.8, 4) is 5.75 Å². The fourth-order valence-corrected chi connectivity index (χ4v) is 4.31. The van der Waals surface area contributed by atoms with E-state index in [1.807, 2.05) is 6.07 Å². The van der Waals surface area contributed by atoms with Crippen LogP contribution in [0.15, 0.2) is 76.1 Å². The third-order valence-corrected chi connectivity index (χ3v) is 6.20. The van der Waals surface area contributed by atoms with Crippen LogP contribution in [0.4, 0.5) is 11.4 Å². The van der Waals surface area contributed by atoms with E-state index in [0.29, 0.717) is 16.4 Å². The first kappa shape index (κ1) is 22.4. The second kappa shape index (κ2) is 9.70. The second-order valence-corrected chi connectivity index (χ2v) is 9.49. The molecular weight excluding hydrogens is 515 g/mol. The number of benzene rings is 3. The number of rotatable bonds is 7. The highest BCUT2D eigenvalue weighted by Crippen LogP contribution is 2.28. The van der Waals surface area contributed by atoms with Crippen LogP contribution in [-0.2, 0) is 14.8 Å². The summed E-state index contributed by atoms with van der Waals surface area (Å²) in [6.07, 6.45) is 0. The summed E-state index contributed by atoms with van der Waals surface area (Å²) in [4.78, 5) is 12.0. The van der Waals surface area contributed by atoms with Gasteiger partial charge in [-0.1, -0.05) is 45.2 Å². The zero-order valence-electron chi connectivity index (χ0n) is 15.2. The number of ether oxygens (including phenoxy) is 1. The van der Waals surface area contributed by atoms with E-state index in [1.165, 1.54) is 18.2 Å². The fourth-order valence-electron chi connectivity index (χ4n) is 2.40. The van der Waals surface area contributed by atoms with E-state index >= 15 is 0 Å². The molecule has 2 N–H and O–H groups in total. The summed E-state index contributed by atoms with van der Waals surface area (Å²) in [6.45, 7) is -0.290. The van der Waals surface area contributed by atoms with Gasteiger partial charge in [0.05, 0.1) is 9.92 Å². The molecule has 0 bridgehead atoms. The molecule has 0 saturated heterocycles. The molecule has 0 aliphatic carbocycles. The summed E-state index contributed by atoms with van der Waals surface area (Å²) in [7, 11) is -3.86. The number of hydrogen-bond acceptors (Lipinski definition) is 4. The van der Waals surface area contributed by atoms with Crippen molar-refractivity contribution in [1.29, 1.82) is 0 Å². The molecular formula is C20H15BrCl2N2O4S. The Balaban J connectivity index is 1.64. The summed E-state index contributed by atoms with van der Waals surface area (Å²) in [6, 6.07) is 17.3. The van der Waals surface area contributed by atoms with E-state index in [1.54, 1.807) is 42.5 Å². The summed E-state index contributed by atoms with van der Waals surface area (Å²) in [5.41, 5.74) is 0.971. The van der Waals surface area contributed by atoms with Crippen molar-refractivity contribution >= 4 is 66.4 Å². The van der Waals surface area contributed by atoms with E-state index < -0.39 is 10.0 Å². The summed E-state index contributed by atoms with van der Waals surface area (Å²) in [5.74, 6) is -0.197. The third kappa shape index (κ3) is 6.12. The maximum absolute atomic E-state index is 12.5. The van der Waals surface area contributed by atoms with Gasteiger partial charge in [0.1, 0.15) is 5.75 Å². The molecule has 156 valence electrons. The average Bonchev–Trinajstić information content (AvgIpc) is 2.68. The van der Waals surface area contributed by atoms with Gasteiger partial charge in [0.2, 0.25) is 0 Å². The molecule has 0 atom stereocenters. The van der Waals surface area contributed by atoms with E-state index in [4.69, 9.17) is 27.9 Å². The zero-order valence-corrected chi connectivity index (χ0v) is 19.1. The molecule has 0 heterocycles. The molecule has 10 heteroatoms. The Morgan fingerprint density at radius 2 is 1.70 bits per heavy atom. The van der Waals surface area contributed by atoms with Crippen molar-refractivity contribution in [3.05, 3.63) is 81.2 Å². The molecule has 0 fully saturated rings. The van der Waals surface area contributed by atoms with E-state index in [-0.39, 0.29) is 28.2 Å². The quantitative estimate of drug-likeness (QED) is 0.418. The Hall–Kier alpha value is -2.26. The molecule has 0 saturated carbocycles. The maximum atomic E-state index is 12.5. The highest BCUT2D eigenvalue weighted by Gasteiger charge is 2.17. The van der Waals surface area contributed by atoms with Crippen LogP contribution >= 0.6 is 39.1 Å². The predicted molar refractivity (Wildman–Crippen MR) is 122 cm³/mol. The molecule has 3 aromatic rings. The largest absolute Gasteiger partial charge is 0.482 e. The Morgan fingerprint density at radius 3 is 2.37 bits per heavy atom. The summed E-state index contributed by atoms with van der Waals surface area (Å²) >= 11 is 15.3. The van der Waals surface area contributed by atoms with Gasteiger partial charge in [-0.15, -0.1) is 0 Å². The molecule has 0 aliphatic rings. The minimum atomic E-state index is -3.86. The van der Waals surface area contributed by atoms with Gasteiger partial charge in [-0.05, 0) is 60.7 Å². The number of hydrogen-bond donors (Lipinski definition) is 2. The van der Waals surface area contributed by atoms with Crippen LogP contribution in [0.3, 0.4) is 0 Å². The van der Waals surface area contributed by atoms with Crippen molar-refractivity contribution in [1.82, 2.24) is 0 Å². The molecule has 0 radical (unpaired) electrons. The molecule has 30 heavy (non-hydrogen) atoms. The third-order valence-electron chi connectivity index (χ3n) is 3.78. The molecule has 6 nitrogen and oxygen atoms in total. The van der Waals surface area contributed by atoms with Gasteiger partial charge >= 0.3 is 0 Å². The molecule has 1 amide bonds. The Morgan fingerprint density at radius 1 is 0.967 bits per heavy atom. The Kier molecular flexibility index (Phi) is 7.25. The first-order valence-electron chi connectivity index (χ1n) is 8.49. The van der Waals surface area contributed by atoms with Crippen molar-refractivity contribution < 1.29 is 17.9 Å². The van der Waals surface area contributed by atoms with Crippen LogP contribution in [0.1, 0.15) is 0 Å². The lowest BCUT2D eigenvalue weighted by Crippen LogP contribution is -2.20. The lowest BCUT2D eigenvalue weighted by Gasteiger charge is -2.12. The average molecular weight is 530 g/mol. The number of carbonyl (C=O) groups excluding carboxylic acids is 1. The lowest BCUT2D eigenvalue weighted by atomic mass is 10.3. The number of sulfonamides is 1. The van der Waals surface area contributed by atoms with Gasteiger partial charge in [-0.25, -0.2) is 8.42 Å². The van der Waals surface area contributed by atoms with Crippen molar-refractivity contribution in [3.63, 3.8) is 0 Å². The van der Waals surface area contributed by atoms with E-state index in [0.717, 1.165) is 4.47 Å². The molecule has 0 spiro atoms. The van der Waals surface area contributed by atoms with Gasteiger partial charge in [-0.2, -0.15) is 0 Å². The number of amides is 1.